The average Bonchev–Trinajstić information content (AvgIpc) is 2.39. The second kappa shape index (κ2) is 5.70. The summed E-state index contributed by atoms with van der Waals surface area (Å²) >= 11 is 0. The SMILES string of the molecule is NNc1cnc(CN2CCCC(C(F)(F)F)C2)cn1. The van der Waals surface area contributed by atoms with Crippen LogP contribution >= 0.6 is 0 Å². The van der Waals surface area contributed by atoms with Crippen LogP contribution < -0.4 is 11.3 Å². The van der Waals surface area contributed by atoms with E-state index < -0.39 is 12.1 Å². The number of hydrazine groups is 1. The molecule has 0 bridgehead atoms. The summed E-state index contributed by atoms with van der Waals surface area (Å²) < 4.78 is 38.0. The van der Waals surface area contributed by atoms with Gasteiger partial charge in [0.2, 0.25) is 0 Å². The van der Waals surface area contributed by atoms with Crippen molar-refractivity contribution in [3.8, 4) is 0 Å². The molecule has 3 N–H and O–H groups in total. The second-order valence-corrected chi connectivity index (χ2v) is 4.65. The summed E-state index contributed by atoms with van der Waals surface area (Å²) in [6, 6.07) is 0. The summed E-state index contributed by atoms with van der Waals surface area (Å²) in [4.78, 5) is 9.85. The zero-order valence-corrected chi connectivity index (χ0v) is 10.3. The summed E-state index contributed by atoms with van der Waals surface area (Å²) in [7, 11) is 0. The average molecular weight is 275 g/mol. The number of hydrogen-bond donors (Lipinski definition) is 2. The molecule has 1 unspecified atom stereocenters. The van der Waals surface area contributed by atoms with E-state index in [0.717, 1.165) is 0 Å². The Balaban J connectivity index is 1.94. The first-order valence-corrected chi connectivity index (χ1v) is 6.05. The van der Waals surface area contributed by atoms with Gasteiger partial charge in [0.15, 0.2) is 5.82 Å². The molecular weight excluding hydrogens is 259 g/mol. The first-order valence-electron chi connectivity index (χ1n) is 6.05. The largest absolute Gasteiger partial charge is 0.393 e. The molecule has 0 aromatic carbocycles. The van der Waals surface area contributed by atoms with Crippen molar-refractivity contribution in [2.24, 2.45) is 11.8 Å². The minimum Gasteiger partial charge on any atom is -0.307 e. The topological polar surface area (TPSA) is 67.1 Å². The van der Waals surface area contributed by atoms with Crippen LogP contribution in [-0.4, -0.2) is 34.1 Å². The van der Waals surface area contributed by atoms with Gasteiger partial charge in [-0.1, -0.05) is 0 Å². The summed E-state index contributed by atoms with van der Waals surface area (Å²) in [5.41, 5.74) is 2.99. The number of alkyl halides is 3. The summed E-state index contributed by atoms with van der Waals surface area (Å²) in [6.45, 7) is 1.07. The van der Waals surface area contributed by atoms with Crippen LogP contribution in [0.15, 0.2) is 12.4 Å². The number of rotatable bonds is 3. The molecule has 1 fully saturated rings. The molecule has 19 heavy (non-hydrogen) atoms. The lowest BCUT2D eigenvalue weighted by molar-refractivity contribution is -0.187. The number of halogens is 3. The highest BCUT2D eigenvalue weighted by Crippen LogP contribution is 2.33. The Bertz CT molecular complexity index is 406. The maximum absolute atomic E-state index is 12.7. The molecule has 0 radical (unpaired) electrons. The van der Waals surface area contributed by atoms with Gasteiger partial charge in [0.1, 0.15) is 0 Å². The molecule has 0 amide bonds. The number of nitrogens with two attached hydrogens (primary N) is 1. The molecule has 1 aromatic rings. The van der Waals surface area contributed by atoms with Crippen molar-refractivity contribution >= 4 is 5.82 Å². The predicted octanol–water partition coefficient (Wildman–Crippen LogP) is 1.54. The van der Waals surface area contributed by atoms with E-state index in [1.807, 2.05) is 0 Å². The van der Waals surface area contributed by atoms with Crippen molar-refractivity contribution in [2.75, 3.05) is 18.5 Å². The van der Waals surface area contributed by atoms with Crippen molar-refractivity contribution in [1.29, 1.82) is 0 Å². The van der Waals surface area contributed by atoms with Gasteiger partial charge in [-0.2, -0.15) is 13.2 Å². The second-order valence-electron chi connectivity index (χ2n) is 4.65. The zero-order chi connectivity index (χ0) is 13.9. The Kier molecular flexibility index (Phi) is 4.20. The van der Waals surface area contributed by atoms with Gasteiger partial charge in [0, 0.05) is 13.1 Å². The summed E-state index contributed by atoms with van der Waals surface area (Å²) in [5.74, 6) is 4.35. The third-order valence-corrected chi connectivity index (χ3v) is 3.21. The van der Waals surface area contributed by atoms with E-state index in [1.54, 1.807) is 4.90 Å². The van der Waals surface area contributed by atoms with E-state index in [2.05, 4.69) is 15.4 Å². The molecule has 5 nitrogen and oxygen atoms in total. The Labute approximate surface area is 109 Å². The predicted molar refractivity (Wildman–Crippen MR) is 63.9 cm³/mol. The maximum atomic E-state index is 12.7. The zero-order valence-electron chi connectivity index (χ0n) is 10.3. The summed E-state index contributed by atoms with van der Waals surface area (Å²) in [6.07, 6.45) is -0.369. The van der Waals surface area contributed by atoms with Crippen LogP contribution in [0.25, 0.3) is 0 Å². The fraction of sp³-hybridized carbons (Fsp3) is 0.636. The van der Waals surface area contributed by atoms with Crippen LogP contribution in [0.2, 0.25) is 0 Å². The Morgan fingerprint density at radius 1 is 1.37 bits per heavy atom. The Morgan fingerprint density at radius 2 is 2.16 bits per heavy atom. The molecule has 106 valence electrons. The Morgan fingerprint density at radius 3 is 2.74 bits per heavy atom. The third-order valence-electron chi connectivity index (χ3n) is 3.21. The highest BCUT2D eigenvalue weighted by Gasteiger charge is 2.41. The van der Waals surface area contributed by atoms with E-state index in [4.69, 9.17) is 5.84 Å². The minimum atomic E-state index is -4.11. The summed E-state index contributed by atoms with van der Waals surface area (Å²) in [5, 5.41) is 0. The van der Waals surface area contributed by atoms with E-state index in [9.17, 15) is 13.2 Å². The fourth-order valence-corrected chi connectivity index (χ4v) is 2.21. The lowest BCUT2D eigenvalue weighted by Crippen LogP contribution is -2.41. The molecule has 1 atom stereocenters. The number of likely N-dealkylation sites (tertiary alicyclic amines) is 1. The van der Waals surface area contributed by atoms with Gasteiger partial charge in [0.05, 0.1) is 24.0 Å². The van der Waals surface area contributed by atoms with Crippen LogP contribution in [0.4, 0.5) is 19.0 Å². The molecular formula is C11H16F3N5. The van der Waals surface area contributed by atoms with Crippen LogP contribution in [0.5, 0.6) is 0 Å². The maximum Gasteiger partial charge on any atom is 0.393 e. The van der Waals surface area contributed by atoms with Crippen molar-refractivity contribution in [2.45, 2.75) is 25.6 Å². The number of anilines is 1. The minimum absolute atomic E-state index is 0.0298. The first kappa shape index (κ1) is 14.0. The van der Waals surface area contributed by atoms with Gasteiger partial charge in [-0.3, -0.25) is 9.88 Å². The quantitative estimate of drug-likeness (QED) is 0.647. The van der Waals surface area contributed by atoms with Crippen molar-refractivity contribution < 1.29 is 13.2 Å². The van der Waals surface area contributed by atoms with Gasteiger partial charge in [0.25, 0.3) is 0 Å². The van der Waals surface area contributed by atoms with Gasteiger partial charge < -0.3 is 5.43 Å². The van der Waals surface area contributed by atoms with Crippen molar-refractivity contribution in [1.82, 2.24) is 14.9 Å². The van der Waals surface area contributed by atoms with Crippen LogP contribution in [0, 0.1) is 5.92 Å². The molecule has 8 heteroatoms. The monoisotopic (exact) mass is 275 g/mol. The van der Waals surface area contributed by atoms with Crippen LogP contribution in [0.1, 0.15) is 18.5 Å². The van der Waals surface area contributed by atoms with E-state index in [0.29, 0.717) is 31.0 Å². The number of nitrogens with one attached hydrogen (secondary N) is 1. The lowest BCUT2D eigenvalue weighted by Gasteiger charge is -2.33. The first-order chi connectivity index (χ1) is 8.99. The third kappa shape index (κ3) is 3.77. The number of nitrogen functional groups attached to an aromatic ring is 1. The van der Waals surface area contributed by atoms with Gasteiger partial charge in [-0.25, -0.2) is 10.8 Å². The van der Waals surface area contributed by atoms with E-state index >= 15 is 0 Å². The molecule has 0 spiro atoms. The van der Waals surface area contributed by atoms with Crippen LogP contribution in [-0.2, 0) is 6.54 Å². The molecule has 2 heterocycles. The number of nitrogens with zero attached hydrogens (tertiary/aromatic N) is 3. The molecule has 0 saturated carbocycles. The van der Waals surface area contributed by atoms with Gasteiger partial charge in [-0.05, 0) is 19.4 Å². The smallest absolute Gasteiger partial charge is 0.307 e. The van der Waals surface area contributed by atoms with E-state index in [-0.39, 0.29) is 13.0 Å². The molecule has 1 saturated heterocycles. The number of hydrogen-bond acceptors (Lipinski definition) is 5. The van der Waals surface area contributed by atoms with Gasteiger partial charge in [-0.15, -0.1) is 0 Å². The van der Waals surface area contributed by atoms with Crippen molar-refractivity contribution in [3.63, 3.8) is 0 Å². The number of piperidine rings is 1. The normalized spacial score (nSPS) is 21.4. The fourth-order valence-electron chi connectivity index (χ4n) is 2.21. The molecule has 1 aliphatic heterocycles. The highest BCUT2D eigenvalue weighted by molar-refractivity contribution is 5.28. The molecule has 1 aliphatic rings. The number of aromatic nitrogens is 2. The lowest BCUT2D eigenvalue weighted by atomic mass is 9.97. The Hall–Kier alpha value is -1.41. The van der Waals surface area contributed by atoms with Crippen molar-refractivity contribution in [3.05, 3.63) is 18.1 Å². The van der Waals surface area contributed by atoms with Gasteiger partial charge >= 0.3 is 6.18 Å². The molecule has 0 aliphatic carbocycles. The van der Waals surface area contributed by atoms with Crippen LogP contribution in [0.3, 0.4) is 0 Å². The van der Waals surface area contributed by atoms with E-state index in [1.165, 1.54) is 12.4 Å². The standard InChI is InChI=1S/C11H16F3N5/c12-11(13,14)8-2-1-3-19(6-8)7-9-4-17-10(18-15)5-16-9/h4-5,8H,1-3,6-7,15H2,(H,17,18). The highest BCUT2D eigenvalue weighted by atomic mass is 19.4. The molecule has 2 rings (SSSR count). The molecule has 1 aromatic heterocycles.